The maximum atomic E-state index is 12.8. The largest absolute Gasteiger partial charge is 0.494 e. The number of furan rings is 1. The molecule has 0 aliphatic carbocycles. The van der Waals surface area contributed by atoms with E-state index in [1.807, 2.05) is 53.1 Å². The minimum atomic E-state index is 0.0980. The van der Waals surface area contributed by atoms with Gasteiger partial charge in [-0.25, -0.2) is 0 Å². The summed E-state index contributed by atoms with van der Waals surface area (Å²) in [5.74, 6) is 2.86. The fraction of sp³-hybridized carbons (Fsp3) is 0.450. The molecule has 1 unspecified atom stereocenters. The van der Waals surface area contributed by atoms with Crippen molar-refractivity contribution < 1.29 is 13.9 Å². The molecule has 1 saturated heterocycles. The number of ether oxygens (including phenoxy) is 1. The molecule has 1 amide bonds. The van der Waals surface area contributed by atoms with Crippen LogP contribution in [0.2, 0.25) is 0 Å². The topological polar surface area (TPSA) is 42.7 Å². The van der Waals surface area contributed by atoms with Gasteiger partial charge in [0.2, 0.25) is 0 Å². The van der Waals surface area contributed by atoms with Gasteiger partial charge >= 0.3 is 0 Å². The lowest BCUT2D eigenvalue weighted by Gasteiger charge is -2.20. The van der Waals surface area contributed by atoms with Crippen LogP contribution in [0.4, 0.5) is 0 Å². The first kappa shape index (κ1) is 17.9. The standard InChI is InChI=1S/C20H25NO3S/c1-2-3-13-23-17-8-6-16(7-9-17)20(22)21-11-10-19(25-15-12-21)18-5-4-14-24-18/h4-9,14,19H,2-3,10-13,15H2,1H3. The van der Waals surface area contributed by atoms with E-state index in [1.54, 1.807) is 6.26 Å². The molecule has 1 atom stereocenters. The predicted octanol–water partition coefficient (Wildman–Crippen LogP) is 4.78. The minimum absolute atomic E-state index is 0.0980. The fourth-order valence-electron chi connectivity index (χ4n) is 2.89. The van der Waals surface area contributed by atoms with E-state index < -0.39 is 0 Å². The zero-order valence-electron chi connectivity index (χ0n) is 14.6. The van der Waals surface area contributed by atoms with Gasteiger partial charge < -0.3 is 14.1 Å². The summed E-state index contributed by atoms with van der Waals surface area (Å²) in [6, 6.07) is 11.5. The first-order chi connectivity index (χ1) is 12.3. The van der Waals surface area contributed by atoms with Gasteiger partial charge in [-0.15, -0.1) is 11.8 Å². The molecule has 1 aliphatic heterocycles. The van der Waals surface area contributed by atoms with Gasteiger partial charge in [-0.3, -0.25) is 4.79 Å². The highest BCUT2D eigenvalue weighted by Crippen LogP contribution is 2.34. The van der Waals surface area contributed by atoms with Gasteiger partial charge in [0.05, 0.1) is 18.1 Å². The average Bonchev–Trinajstić information content (AvgIpc) is 3.07. The zero-order chi connectivity index (χ0) is 17.5. The Bertz CT molecular complexity index is 654. The van der Waals surface area contributed by atoms with E-state index in [1.165, 1.54) is 0 Å². The van der Waals surface area contributed by atoms with Gasteiger partial charge in [-0.05, 0) is 49.2 Å². The highest BCUT2D eigenvalue weighted by molar-refractivity contribution is 7.99. The molecule has 0 saturated carbocycles. The number of hydrogen-bond donors (Lipinski definition) is 0. The lowest BCUT2D eigenvalue weighted by atomic mass is 10.1. The first-order valence-corrected chi connectivity index (χ1v) is 10.00. The lowest BCUT2D eigenvalue weighted by molar-refractivity contribution is 0.0766. The third-order valence-corrected chi connectivity index (χ3v) is 5.65. The van der Waals surface area contributed by atoms with Gasteiger partial charge in [-0.2, -0.15) is 0 Å². The Morgan fingerprint density at radius 3 is 2.84 bits per heavy atom. The van der Waals surface area contributed by atoms with E-state index in [0.717, 1.165) is 61.8 Å². The molecule has 5 heteroatoms. The van der Waals surface area contributed by atoms with E-state index in [0.29, 0.717) is 5.25 Å². The van der Waals surface area contributed by atoms with Gasteiger partial charge in [0.25, 0.3) is 5.91 Å². The highest BCUT2D eigenvalue weighted by atomic mass is 32.2. The molecule has 1 aliphatic rings. The van der Waals surface area contributed by atoms with Gasteiger partial charge in [0, 0.05) is 24.4 Å². The summed E-state index contributed by atoms with van der Waals surface area (Å²) in [5.41, 5.74) is 0.726. The molecular weight excluding hydrogens is 334 g/mol. The lowest BCUT2D eigenvalue weighted by Crippen LogP contribution is -2.32. The number of amides is 1. The quantitative estimate of drug-likeness (QED) is 0.696. The summed E-state index contributed by atoms with van der Waals surface area (Å²) in [4.78, 5) is 14.7. The molecular formula is C20H25NO3S. The maximum Gasteiger partial charge on any atom is 0.253 e. The van der Waals surface area contributed by atoms with Crippen molar-refractivity contribution in [3.05, 3.63) is 54.0 Å². The van der Waals surface area contributed by atoms with E-state index in [2.05, 4.69) is 6.92 Å². The summed E-state index contributed by atoms with van der Waals surface area (Å²) < 4.78 is 11.2. The van der Waals surface area contributed by atoms with Crippen LogP contribution in [0.5, 0.6) is 5.75 Å². The van der Waals surface area contributed by atoms with Crippen molar-refractivity contribution in [1.29, 1.82) is 0 Å². The maximum absolute atomic E-state index is 12.8. The molecule has 0 spiro atoms. The van der Waals surface area contributed by atoms with Crippen molar-refractivity contribution in [2.75, 3.05) is 25.4 Å². The molecule has 1 aromatic heterocycles. The smallest absolute Gasteiger partial charge is 0.253 e. The van der Waals surface area contributed by atoms with Crippen molar-refractivity contribution in [2.24, 2.45) is 0 Å². The summed E-state index contributed by atoms with van der Waals surface area (Å²) >= 11 is 1.86. The number of benzene rings is 1. The van der Waals surface area contributed by atoms with Gasteiger partial charge in [-0.1, -0.05) is 13.3 Å². The number of carbonyl (C=O) groups excluding carboxylic acids is 1. The van der Waals surface area contributed by atoms with E-state index in [4.69, 9.17) is 9.15 Å². The Labute approximate surface area is 153 Å². The van der Waals surface area contributed by atoms with Crippen LogP contribution in [0.25, 0.3) is 0 Å². The number of unbranched alkanes of at least 4 members (excludes halogenated alkanes) is 1. The molecule has 134 valence electrons. The summed E-state index contributed by atoms with van der Waals surface area (Å²) in [7, 11) is 0. The number of nitrogens with zero attached hydrogens (tertiary/aromatic N) is 1. The zero-order valence-corrected chi connectivity index (χ0v) is 15.5. The van der Waals surface area contributed by atoms with Crippen LogP contribution in [0, 0.1) is 0 Å². The molecule has 2 heterocycles. The van der Waals surface area contributed by atoms with Crippen LogP contribution in [0.1, 0.15) is 47.6 Å². The number of thioether (sulfide) groups is 1. The molecule has 4 nitrogen and oxygen atoms in total. The molecule has 3 rings (SSSR count). The van der Waals surface area contributed by atoms with E-state index in [9.17, 15) is 4.79 Å². The summed E-state index contributed by atoms with van der Waals surface area (Å²) in [6.45, 7) is 4.39. The second-order valence-corrected chi connectivity index (χ2v) is 7.49. The van der Waals surface area contributed by atoms with Gasteiger partial charge in [0.1, 0.15) is 11.5 Å². The normalized spacial score (nSPS) is 18.0. The fourth-order valence-corrected chi connectivity index (χ4v) is 4.07. The first-order valence-electron chi connectivity index (χ1n) is 8.95. The van der Waals surface area contributed by atoms with Crippen LogP contribution in [0.3, 0.4) is 0 Å². The van der Waals surface area contributed by atoms with Crippen molar-refractivity contribution in [1.82, 2.24) is 4.90 Å². The van der Waals surface area contributed by atoms with Gasteiger partial charge in [0.15, 0.2) is 0 Å². The summed E-state index contributed by atoms with van der Waals surface area (Å²) in [6.07, 6.45) is 4.79. The Hall–Kier alpha value is -1.88. The number of carbonyl (C=O) groups is 1. The monoisotopic (exact) mass is 359 g/mol. The predicted molar refractivity (Wildman–Crippen MR) is 101 cm³/mol. The van der Waals surface area contributed by atoms with Crippen LogP contribution in [-0.2, 0) is 0 Å². The van der Waals surface area contributed by atoms with Crippen molar-refractivity contribution in [3.63, 3.8) is 0 Å². The number of hydrogen-bond acceptors (Lipinski definition) is 4. The second kappa shape index (κ2) is 8.99. The Morgan fingerprint density at radius 2 is 2.12 bits per heavy atom. The summed E-state index contributed by atoms with van der Waals surface area (Å²) in [5, 5.41) is 0.335. The molecule has 1 fully saturated rings. The molecule has 2 aromatic rings. The third-order valence-electron chi connectivity index (χ3n) is 4.36. The molecule has 1 aromatic carbocycles. The molecule has 0 radical (unpaired) electrons. The van der Waals surface area contributed by atoms with E-state index >= 15 is 0 Å². The van der Waals surface area contributed by atoms with E-state index in [-0.39, 0.29) is 5.91 Å². The third kappa shape index (κ3) is 4.82. The second-order valence-electron chi connectivity index (χ2n) is 6.18. The number of rotatable bonds is 6. The van der Waals surface area contributed by atoms with Crippen molar-refractivity contribution >= 4 is 17.7 Å². The van der Waals surface area contributed by atoms with Crippen LogP contribution in [0.15, 0.2) is 47.1 Å². The highest BCUT2D eigenvalue weighted by Gasteiger charge is 2.24. The average molecular weight is 359 g/mol. The molecule has 25 heavy (non-hydrogen) atoms. The van der Waals surface area contributed by atoms with Crippen LogP contribution >= 0.6 is 11.8 Å². The Morgan fingerprint density at radius 1 is 1.28 bits per heavy atom. The van der Waals surface area contributed by atoms with Crippen molar-refractivity contribution in [3.8, 4) is 5.75 Å². The Balaban J connectivity index is 1.57. The Kier molecular flexibility index (Phi) is 6.45. The minimum Gasteiger partial charge on any atom is -0.494 e. The van der Waals surface area contributed by atoms with Crippen molar-refractivity contribution in [2.45, 2.75) is 31.4 Å². The molecule has 0 N–H and O–H groups in total. The van der Waals surface area contributed by atoms with Crippen LogP contribution in [-0.4, -0.2) is 36.3 Å². The molecule has 0 bridgehead atoms. The SMILES string of the molecule is CCCCOc1ccc(C(=O)N2CCSC(c3ccco3)CC2)cc1. The van der Waals surface area contributed by atoms with Crippen LogP contribution < -0.4 is 4.74 Å².